The average molecular weight is 336 g/mol. The smallest absolute Gasteiger partial charge is 0.253 e. The molecule has 0 aliphatic carbocycles. The third kappa shape index (κ3) is 2.28. The predicted molar refractivity (Wildman–Crippen MR) is 69.2 cm³/mol. The first kappa shape index (κ1) is 11.2. The number of nitrogens with zero attached hydrogens (tertiary/aromatic N) is 1. The zero-order chi connectivity index (χ0) is 11.0. The predicted octanol–water partition coefficient (Wildman–Crippen LogP) is 3.04. The molecule has 15 heavy (non-hydrogen) atoms. The van der Waals surface area contributed by atoms with Crippen LogP contribution < -0.4 is 0 Å². The van der Waals surface area contributed by atoms with Gasteiger partial charge in [0, 0.05) is 22.2 Å². The Morgan fingerprint density at radius 1 is 1.53 bits per heavy atom. The molecule has 1 aliphatic heterocycles. The van der Waals surface area contributed by atoms with E-state index in [-0.39, 0.29) is 5.91 Å². The fraction of sp³-hybridized carbons (Fsp3) is 0.364. The Morgan fingerprint density at radius 3 is 2.73 bits per heavy atom. The van der Waals surface area contributed by atoms with Crippen LogP contribution in [0, 0.1) is 9.49 Å². The van der Waals surface area contributed by atoms with Crippen molar-refractivity contribution in [1.82, 2.24) is 4.90 Å². The second-order valence-corrected chi connectivity index (χ2v) is 5.51. The van der Waals surface area contributed by atoms with E-state index >= 15 is 0 Å². The monoisotopic (exact) mass is 335 g/mol. The van der Waals surface area contributed by atoms with Crippen LogP contribution in [0.3, 0.4) is 0 Å². The number of rotatable bonds is 1. The lowest BCUT2D eigenvalue weighted by atomic mass is 10.0. The van der Waals surface area contributed by atoms with Crippen molar-refractivity contribution < 1.29 is 4.79 Å². The summed E-state index contributed by atoms with van der Waals surface area (Å²) in [4.78, 5) is 13.8. The minimum atomic E-state index is 0.114. The van der Waals surface area contributed by atoms with Crippen molar-refractivity contribution in [2.75, 3.05) is 13.1 Å². The summed E-state index contributed by atoms with van der Waals surface area (Å²) < 4.78 is 0.925. The highest BCUT2D eigenvalue weighted by Gasteiger charge is 2.27. The zero-order valence-electron chi connectivity index (χ0n) is 8.34. The molecular formula is C11H11ClINO. The molecule has 0 bridgehead atoms. The molecule has 1 amide bonds. The Morgan fingerprint density at radius 2 is 2.20 bits per heavy atom. The van der Waals surface area contributed by atoms with E-state index in [1.807, 2.05) is 11.0 Å². The highest BCUT2D eigenvalue weighted by Crippen LogP contribution is 2.22. The SMILES string of the molecule is CC1CN(C(=O)c2ccc(Cl)c(I)c2)C1. The van der Waals surface area contributed by atoms with Crippen molar-refractivity contribution in [2.45, 2.75) is 6.92 Å². The number of likely N-dealkylation sites (tertiary alicyclic amines) is 1. The van der Waals surface area contributed by atoms with E-state index in [2.05, 4.69) is 29.5 Å². The molecule has 0 radical (unpaired) electrons. The minimum absolute atomic E-state index is 0.114. The number of carbonyl (C=O) groups excluding carboxylic acids is 1. The van der Waals surface area contributed by atoms with E-state index < -0.39 is 0 Å². The summed E-state index contributed by atoms with van der Waals surface area (Å²) in [7, 11) is 0. The highest BCUT2D eigenvalue weighted by atomic mass is 127. The van der Waals surface area contributed by atoms with Crippen LogP contribution in [0.1, 0.15) is 17.3 Å². The molecule has 2 rings (SSSR count). The molecule has 0 atom stereocenters. The lowest BCUT2D eigenvalue weighted by molar-refractivity contribution is 0.0530. The van der Waals surface area contributed by atoms with Crippen molar-refractivity contribution in [2.24, 2.45) is 5.92 Å². The summed E-state index contributed by atoms with van der Waals surface area (Å²) in [6, 6.07) is 5.41. The van der Waals surface area contributed by atoms with Crippen LogP contribution in [-0.4, -0.2) is 23.9 Å². The van der Waals surface area contributed by atoms with Crippen molar-refractivity contribution in [3.8, 4) is 0 Å². The summed E-state index contributed by atoms with van der Waals surface area (Å²) in [6.45, 7) is 3.89. The first-order valence-electron chi connectivity index (χ1n) is 4.82. The molecule has 1 saturated heterocycles. The average Bonchev–Trinajstić information content (AvgIpc) is 2.16. The summed E-state index contributed by atoms with van der Waals surface area (Å²) in [5.41, 5.74) is 0.732. The standard InChI is InChI=1S/C11H11ClINO/c1-7-5-14(6-7)11(15)8-2-3-9(12)10(13)4-8/h2-4,7H,5-6H2,1H3. The van der Waals surface area contributed by atoms with Crippen molar-refractivity contribution in [3.05, 3.63) is 32.4 Å². The zero-order valence-corrected chi connectivity index (χ0v) is 11.2. The third-order valence-corrected chi connectivity index (χ3v) is 4.06. The van der Waals surface area contributed by atoms with Gasteiger partial charge in [-0.25, -0.2) is 0 Å². The van der Waals surface area contributed by atoms with Gasteiger partial charge >= 0.3 is 0 Å². The van der Waals surface area contributed by atoms with Crippen LogP contribution in [0.4, 0.5) is 0 Å². The number of carbonyl (C=O) groups is 1. The van der Waals surface area contributed by atoms with Gasteiger partial charge in [0.15, 0.2) is 0 Å². The minimum Gasteiger partial charge on any atom is -0.338 e. The van der Waals surface area contributed by atoms with Gasteiger partial charge in [-0.05, 0) is 46.7 Å². The second kappa shape index (κ2) is 4.29. The third-order valence-electron chi connectivity index (χ3n) is 2.52. The Kier molecular flexibility index (Phi) is 3.21. The maximum Gasteiger partial charge on any atom is 0.253 e. The van der Waals surface area contributed by atoms with Gasteiger partial charge in [-0.3, -0.25) is 4.79 Å². The molecule has 0 spiro atoms. The summed E-state index contributed by atoms with van der Waals surface area (Å²) in [5, 5.41) is 0.698. The van der Waals surface area contributed by atoms with Crippen molar-refractivity contribution >= 4 is 40.1 Å². The van der Waals surface area contributed by atoms with Crippen molar-refractivity contribution in [1.29, 1.82) is 0 Å². The van der Waals surface area contributed by atoms with Crippen LogP contribution in [-0.2, 0) is 0 Å². The van der Waals surface area contributed by atoms with E-state index in [0.717, 1.165) is 22.2 Å². The normalized spacial score (nSPS) is 16.3. The lowest BCUT2D eigenvalue weighted by Crippen LogP contribution is -2.48. The van der Waals surface area contributed by atoms with Crippen LogP contribution in [0.25, 0.3) is 0 Å². The van der Waals surface area contributed by atoms with E-state index in [1.54, 1.807) is 12.1 Å². The molecule has 1 aliphatic rings. The molecule has 0 unspecified atom stereocenters. The van der Waals surface area contributed by atoms with Crippen LogP contribution in [0.15, 0.2) is 18.2 Å². The molecule has 1 aromatic rings. The topological polar surface area (TPSA) is 20.3 Å². The van der Waals surface area contributed by atoms with Gasteiger partial charge in [0.1, 0.15) is 0 Å². The Labute approximate surface area is 108 Å². The molecule has 0 aromatic heterocycles. The summed E-state index contributed by atoms with van der Waals surface area (Å²) >= 11 is 8.04. The molecule has 2 nitrogen and oxygen atoms in total. The van der Waals surface area contributed by atoms with Gasteiger partial charge < -0.3 is 4.90 Å². The van der Waals surface area contributed by atoms with Gasteiger partial charge in [-0.1, -0.05) is 18.5 Å². The van der Waals surface area contributed by atoms with E-state index in [4.69, 9.17) is 11.6 Å². The van der Waals surface area contributed by atoms with E-state index in [0.29, 0.717) is 10.9 Å². The molecule has 80 valence electrons. The van der Waals surface area contributed by atoms with Crippen LogP contribution in [0.5, 0.6) is 0 Å². The van der Waals surface area contributed by atoms with Crippen LogP contribution >= 0.6 is 34.2 Å². The molecule has 0 saturated carbocycles. The van der Waals surface area contributed by atoms with Gasteiger partial charge in [0.25, 0.3) is 5.91 Å². The van der Waals surface area contributed by atoms with Crippen molar-refractivity contribution in [3.63, 3.8) is 0 Å². The van der Waals surface area contributed by atoms with Gasteiger partial charge in [0.05, 0.1) is 5.02 Å². The maximum atomic E-state index is 11.9. The lowest BCUT2D eigenvalue weighted by Gasteiger charge is -2.37. The fourth-order valence-corrected chi connectivity index (χ4v) is 2.31. The molecule has 4 heteroatoms. The van der Waals surface area contributed by atoms with E-state index in [1.165, 1.54) is 0 Å². The van der Waals surface area contributed by atoms with Gasteiger partial charge in [-0.15, -0.1) is 0 Å². The van der Waals surface area contributed by atoms with Crippen LogP contribution in [0.2, 0.25) is 5.02 Å². The number of halogens is 2. The Balaban J connectivity index is 2.16. The summed E-state index contributed by atoms with van der Waals surface area (Å²) in [5.74, 6) is 0.753. The second-order valence-electron chi connectivity index (χ2n) is 3.94. The largest absolute Gasteiger partial charge is 0.338 e. The molecule has 1 heterocycles. The number of amides is 1. The van der Waals surface area contributed by atoms with Gasteiger partial charge in [0.2, 0.25) is 0 Å². The fourth-order valence-electron chi connectivity index (χ4n) is 1.68. The number of hydrogen-bond acceptors (Lipinski definition) is 1. The number of hydrogen-bond donors (Lipinski definition) is 0. The maximum absolute atomic E-state index is 11.9. The molecule has 1 aromatic carbocycles. The molecule has 0 N–H and O–H groups in total. The number of benzene rings is 1. The Bertz CT molecular complexity index is 402. The summed E-state index contributed by atoms with van der Waals surface area (Å²) in [6.07, 6.45) is 0. The quantitative estimate of drug-likeness (QED) is 0.723. The Hall–Kier alpha value is -0.290. The highest BCUT2D eigenvalue weighted by molar-refractivity contribution is 14.1. The first-order valence-corrected chi connectivity index (χ1v) is 6.28. The van der Waals surface area contributed by atoms with E-state index in [9.17, 15) is 4.79 Å². The first-order chi connectivity index (χ1) is 7.08. The molecular weight excluding hydrogens is 324 g/mol. The van der Waals surface area contributed by atoms with Gasteiger partial charge in [-0.2, -0.15) is 0 Å². The molecule has 1 fully saturated rings.